The van der Waals surface area contributed by atoms with E-state index in [2.05, 4.69) is 32.3 Å². The van der Waals surface area contributed by atoms with Gasteiger partial charge in [-0.15, -0.1) is 10.2 Å². The van der Waals surface area contributed by atoms with Gasteiger partial charge in [0.05, 0.1) is 11.4 Å². The molecule has 0 bridgehead atoms. The summed E-state index contributed by atoms with van der Waals surface area (Å²) < 4.78 is 67.0. The Balaban J connectivity index is 1.17. The SMILES string of the molecule is O=S(=O)(O)c1cc(N=Nc2ccc(C#Cc3ccc(N=Nc4cc(S(=O)(=O)O)c5ccccc5c4O)cc3)cc2)c(O)c2ccccc12. The van der Waals surface area contributed by atoms with E-state index < -0.39 is 30.0 Å². The number of benzene rings is 6. The highest BCUT2D eigenvalue weighted by Gasteiger charge is 2.20. The number of hydrogen-bond acceptors (Lipinski definition) is 10. The van der Waals surface area contributed by atoms with Crippen molar-refractivity contribution in [1.82, 2.24) is 0 Å². The molecule has 12 nitrogen and oxygen atoms in total. The molecule has 48 heavy (non-hydrogen) atoms. The third-order valence-corrected chi connectivity index (χ3v) is 8.89. The third-order valence-electron chi connectivity index (χ3n) is 7.10. The second-order valence-electron chi connectivity index (χ2n) is 10.3. The highest BCUT2D eigenvalue weighted by molar-refractivity contribution is 7.86. The maximum Gasteiger partial charge on any atom is 0.295 e. The van der Waals surface area contributed by atoms with E-state index in [-0.39, 0.29) is 44.4 Å². The summed E-state index contributed by atoms with van der Waals surface area (Å²) in [7, 11) is -9.18. The number of nitrogens with zero attached hydrogens (tertiary/aromatic N) is 4. The lowest BCUT2D eigenvalue weighted by molar-refractivity contribution is 0.477. The summed E-state index contributed by atoms with van der Waals surface area (Å²) in [6.07, 6.45) is 0. The first-order chi connectivity index (χ1) is 22.9. The standard InChI is InChI=1S/C34H22N4O8S2/c39-33-27-7-3-1-5-25(27)31(47(41,42)43)19-29(33)37-35-23-15-11-21(12-16-23)9-10-22-13-17-24(18-14-22)36-38-30-20-32(48(44,45)46)26-6-2-4-8-28(26)34(30)40/h1-8,11-20,39-40H,(H,41,42,43)(H,44,45,46). The van der Waals surface area contributed by atoms with Crippen molar-refractivity contribution in [2.24, 2.45) is 20.5 Å². The van der Waals surface area contributed by atoms with E-state index in [1.54, 1.807) is 72.8 Å². The van der Waals surface area contributed by atoms with Crippen LogP contribution >= 0.6 is 0 Å². The van der Waals surface area contributed by atoms with Gasteiger partial charge in [0.2, 0.25) is 0 Å². The first-order valence-corrected chi connectivity index (χ1v) is 16.8. The zero-order valence-corrected chi connectivity index (χ0v) is 26.1. The average Bonchev–Trinajstić information content (AvgIpc) is 3.07. The highest BCUT2D eigenvalue weighted by Crippen LogP contribution is 2.41. The Morgan fingerprint density at radius 1 is 0.458 bits per heavy atom. The molecule has 0 aliphatic rings. The molecule has 6 rings (SSSR count). The van der Waals surface area contributed by atoms with Gasteiger partial charge in [-0.25, -0.2) is 0 Å². The minimum Gasteiger partial charge on any atom is -0.505 e. The topological polar surface area (TPSA) is 199 Å². The summed E-state index contributed by atoms with van der Waals surface area (Å²) in [6, 6.07) is 27.8. The molecule has 0 spiro atoms. The quantitative estimate of drug-likeness (QED) is 0.0768. The van der Waals surface area contributed by atoms with Gasteiger partial charge in [0.25, 0.3) is 20.2 Å². The van der Waals surface area contributed by atoms with Crippen LogP contribution in [0.2, 0.25) is 0 Å². The van der Waals surface area contributed by atoms with E-state index in [4.69, 9.17) is 0 Å². The Bertz CT molecular complexity index is 2400. The summed E-state index contributed by atoms with van der Waals surface area (Å²) >= 11 is 0. The first kappa shape index (κ1) is 32.0. The van der Waals surface area contributed by atoms with E-state index in [0.29, 0.717) is 22.5 Å². The molecule has 0 atom stereocenters. The molecule has 0 amide bonds. The van der Waals surface area contributed by atoms with Crippen molar-refractivity contribution in [1.29, 1.82) is 0 Å². The van der Waals surface area contributed by atoms with Crippen molar-refractivity contribution in [2.75, 3.05) is 0 Å². The van der Waals surface area contributed by atoms with E-state index >= 15 is 0 Å². The van der Waals surface area contributed by atoms with Crippen molar-refractivity contribution < 1.29 is 36.2 Å². The van der Waals surface area contributed by atoms with E-state index in [9.17, 15) is 36.2 Å². The molecule has 238 valence electrons. The minimum absolute atomic E-state index is 0.134. The predicted molar refractivity (Wildman–Crippen MR) is 178 cm³/mol. The molecule has 14 heteroatoms. The normalized spacial score (nSPS) is 12.1. The molecule has 0 unspecified atom stereocenters. The highest BCUT2D eigenvalue weighted by atomic mass is 32.2. The number of hydrogen-bond donors (Lipinski definition) is 4. The summed E-state index contributed by atoms with van der Waals surface area (Å²) in [4.78, 5) is -0.796. The molecule has 0 heterocycles. The summed E-state index contributed by atoms with van der Waals surface area (Å²) in [5.41, 5.74) is 1.84. The lowest BCUT2D eigenvalue weighted by atomic mass is 10.1. The number of rotatable bonds is 6. The van der Waals surface area contributed by atoms with Crippen LogP contribution in [0.15, 0.2) is 139 Å². The van der Waals surface area contributed by atoms with Gasteiger partial charge < -0.3 is 10.2 Å². The number of phenolic OH excluding ortho intramolecular Hbond substituents is 2. The number of aromatic hydroxyl groups is 2. The lowest BCUT2D eigenvalue weighted by Crippen LogP contribution is -1.99. The number of fused-ring (bicyclic) bond motifs is 2. The van der Waals surface area contributed by atoms with Crippen LogP contribution in [0.4, 0.5) is 22.7 Å². The Kier molecular flexibility index (Phi) is 8.44. The van der Waals surface area contributed by atoms with Crippen LogP contribution in [0.3, 0.4) is 0 Å². The minimum atomic E-state index is -4.59. The molecule has 6 aromatic carbocycles. The fourth-order valence-electron chi connectivity index (χ4n) is 4.80. The molecule has 0 saturated heterocycles. The maximum atomic E-state index is 11.9. The zero-order chi connectivity index (χ0) is 34.1. The summed E-state index contributed by atoms with van der Waals surface area (Å²) in [5, 5.41) is 38.1. The van der Waals surface area contributed by atoms with Crippen molar-refractivity contribution in [3.63, 3.8) is 0 Å². The van der Waals surface area contributed by atoms with Crippen LogP contribution in [0, 0.1) is 11.8 Å². The van der Waals surface area contributed by atoms with Gasteiger partial charge >= 0.3 is 0 Å². The van der Waals surface area contributed by atoms with Gasteiger partial charge in [0.15, 0.2) is 11.5 Å². The Morgan fingerprint density at radius 3 is 1.12 bits per heavy atom. The van der Waals surface area contributed by atoms with Gasteiger partial charge in [0.1, 0.15) is 21.2 Å². The second kappa shape index (κ2) is 12.7. The van der Waals surface area contributed by atoms with Gasteiger partial charge in [-0.05, 0) is 60.7 Å². The van der Waals surface area contributed by atoms with Crippen LogP contribution in [0.5, 0.6) is 11.5 Å². The molecule has 0 aliphatic heterocycles. The van der Waals surface area contributed by atoms with Crippen LogP contribution in [-0.2, 0) is 20.2 Å². The third kappa shape index (κ3) is 6.75. The van der Waals surface area contributed by atoms with Crippen molar-refractivity contribution in [3.8, 4) is 23.3 Å². The van der Waals surface area contributed by atoms with Crippen LogP contribution < -0.4 is 0 Å². The Morgan fingerprint density at radius 2 is 0.792 bits per heavy atom. The fourth-order valence-corrected chi connectivity index (χ4v) is 6.23. The van der Waals surface area contributed by atoms with Gasteiger partial charge in [-0.3, -0.25) is 9.11 Å². The summed E-state index contributed by atoms with van der Waals surface area (Å²) in [5.74, 6) is 5.46. The maximum absolute atomic E-state index is 11.9. The molecule has 0 fully saturated rings. The van der Waals surface area contributed by atoms with Crippen molar-refractivity contribution >= 4 is 64.5 Å². The molecular formula is C34H22N4O8S2. The average molecular weight is 679 g/mol. The second-order valence-corrected chi connectivity index (χ2v) is 13.0. The van der Waals surface area contributed by atoms with Gasteiger partial charge in [-0.2, -0.15) is 27.1 Å². The van der Waals surface area contributed by atoms with Crippen LogP contribution in [0.1, 0.15) is 11.1 Å². The molecule has 0 aromatic heterocycles. The largest absolute Gasteiger partial charge is 0.505 e. The first-order valence-electron chi connectivity index (χ1n) is 13.9. The Hall–Kier alpha value is -5.98. The lowest BCUT2D eigenvalue weighted by Gasteiger charge is -2.08. The van der Waals surface area contributed by atoms with E-state index in [1.165, 1.54) is 24.3 Å². The van der Waals surface area contributed by atoms with Crippen LogP contribution in [-0.4, -0.2) is 36.2 Å². The molecule has 4 N–H and O–H groups in total. The monoisotopic (exact) mass is 678 g/mol. The zero-order valence-electron chi connectivity index (χ0n) is 24.4. The number of azo groups is 2. The van der Waals surface area contributed by atoms with Crippen molar-refractivity contribution in [3.05, 3.63) is 120 Å². The smallest absolute Gasteiger partial charge is 0.295 e. The molecule has 0 saturated carbocycles. The molecule has 0 aliphatic carbocycles. The predicted octanol–water partition coefficient (Wildman–Crippen LogP) is 8.13. The van der Waals surface area contributed by atoms with Crippen molar-refractivity contribution in [2.45, 2.75) is 9.79 Å². The number of phenols is 2. The van der Waals surface area contributed by atoms with Crippen LogP contribution in [0.25, 0.3) is 21.5 Å². The van der Waals surface area contributed by atoms with E-state index in [1.807, 2.05) is 0 Å². The Labute approximate surface area is 273 Å². The molecular weight excluding hydrogens is 657 g/mol. The van der Waals surface area contributed by atoms with Gasteiger partial charge in [-0.1, -0.05) is 60.4 Å². The van der Waals surface area contributed by atoms with E-state index in [0.717, 1.165) is 12.1 Å². The molecule has 0 radical (unpaired) electrons. The molecule has 6 aromatic rings. The fraction of sp³-hybridized carbons (Fsp3) is 0. The summed E-state index contributed by atoms with van der Waals surface area (Å²) in [6.45, 7) is 0. The van der Waals surface area contributed by atoms with Gasteiger partial charge in [0, 0.05) is 32.7 Å².